The minimum absolute atomic E-state index is 0.00938. The molecule has 0 saturated carbocycles. The summed E-state index contributed by atoms with van der Waals surface area (Å²) in [6, 6.07) is 17.5. The van der Waals surface area contributed by atoms with Crippen molar-refractivity contribution in [1.29, 1.82) is 0 Å². The molecule has 2 aromatic rings. The van der Waals surface area contributed by atoms with Crippen LogP contribution in [0.4, 0.5) is 5.69 Å². The van der Waals surface area contributed by atoms with Crippen LogP contribution >= 0.6 is 0 Å². The van der Waals surface area contributed by atoms with Crippen LogP contribution in [0.15, 0.2) is 54.6 Å². The van der Waals surface area contributed by atoms with E-state index in [-0.39, 0.29) is 12.0 Å². The normalized spacial score (nSPS) is 16.8. The number of carbonyl (C=O) groups is 1. The molecule has 1 atom stereocenters. The van der Waals surface area contributed by atoms with Crippen LogP contribution in [0.2, 0.25) is 0 Å². The summed E-state index contributed by atoms with van der Waals surface area (Å²) in [5, 5.41) is 2.93. The molecular weight excluding hydrogens is 302 g/mol. The van der Waals surface area contributed by atoms with Gasteiger partial charge < -0.3 is 14.8 Å². The molecule has 1 N–H and O–H groups in total. The van der Waals surface area contributed by atoms with Crippen molar-refractivity contribution in [2.45, 2.75) is 31.8 Å². The number of hydrogen-bond donors (Lipinski definition) is 1. The Kier molecular flexibility index (Phi) is 5.85. The first kappa shape index (κ1) is 16.5. The number of aryl methyl sites for hydroxylation is 1. The lowest BCUT2D eigenvalue weighted by molar-refractivity contribution is -0.116. The fourth-order valence-electron chi connectivity index (χ4n) is 2.75. The second kappa shape index (κ2) is 8.50. The van der Waals surface area contributed by atoms with Crippen LogP contribution in [-0.4, -0.2) is 25.2 Å². The van der Waals surface area contributed by atoms with Gasteiger partial charge in [-0.05, 0) is 37.0 Å². The molecule has 126 valence electrons. The molecule has 1 fully saturated rings. The fourth-order valence-corrected chi connectivity index (χ4v) is 2.75. The van der Waals surface area contributed by atoms with Gasteiger partial charge >= 0.3 is 0 Å². The number of amides is 1. The first-order valence-corrected chi connectivity index (χ1v) is 8.48. The Balaban J connectivity index is 1.47. The Morgan fingerprint density at radius 1 is 1.17 bits per heavy atom. The predicted molar refractivity (Wildman–Crippen MR) is 94.3 cm³/mol. The molecule has 0 aliphatic carbocycles. The highest BCUT2D eigenvalue weighted by molar-refractivity contribution is 5.91. The van der Waals surface area contributed by atoms with Gasteiger partial charge in [0.25, 0.3) is 0 Å². The molecule has 1 aliphatic rings. The van der Waals surface area contributed by atoms with Crippen molar-refractivity contribution in [3.05, 3.63) is 60.2 Å². The third kappa shape index (κ3) is 5.10. The van der Waals surface area contributed by atoms with Crippen LogP contribution in [-0.2, 0) is 16.0 Å². The van der Waals surface area contributed by atoms with Gasteiger partial charge in [-0.3, -0.25) is 4.79 Å². The summed E-state index contributed by atoms with van der Waals surface area (Å²) < 4.78 is 11.3. The summed E-state index contributed by atoms with van der Waals surface area (Å²) in [4.78, 5) is 12.1. The van der Waals surface area contributed by atoms with Gasteiger partial charge in [0.05, 0.1) is 6.10 Å². The average molecular weight is 325 g/mol. The molecule has 0 bridgehead atoms. The van der Waals surface area contributed by atoms with Crippen molar-refractivity contribution >= 4 is 11.6 Å². The Bertz CT molecular complexity index is 651. The highest BCUT2D eigenvalue weighted by Crippen LogP contribution is 2.20. The Labute approximate surface area is 142 Å². The van der Waals surface area contributed by atoms with Crippen molar-refractivity contribution in [2.75, 3.05) is 18.5 Å². The van der Waals surface area contributed by atoms with Crippen LogP contribution in [0, 0.1) is 0 Å². The number of ether oxygens (including phenoxy) is 2. The van der Waals surface area contributed by atoms with E-state index in [4.69, 9.17) is 9.47 Å². The van der Waals surface area contributed by atoms with Crippen molar-refractivity contribution in [1.82, 2.24) is 0 Å². The molecule has 1 heterocycles. The molecule has 4 nitrogen and oxygen atoms in total. The first-order valence-electron chi connectivity index (χ1n) is 8.48. The van der Waals surface area contributed by atoms with Gasteiger partial charge in [0, 0.05) is 24.8 Å². The Morgan fingerprint density at radius 3 is 2.83 bits per heavy atom. The van der Waals surface area contributed by atoms with Gasteiger partial charge in [-0.25, -0.2) is 0 Å². The van der Waals surface area contributed by atoms with E-state index in [9.17, 15) is 4.79 Å². The zero-order valence-corrected chi connectivity index (χ0v) is 13.7. The minimum atomic E-state index is 0.00938. The summed E-state index contributed by atoms with van der Waals surface area (Å²) in [6.45, 7) is 1.39. The molecule has 3 rings (SSSR count). The van der Waals surface area contributed by atoms with Crippen LogP contribution in [0.5, 0.6) is 5.75 Å². The summed E-state index contributed by atoms with van der Waals surface area (Å²) in [5.41, 5.74) is 1.93. The number of anilines is 1. The SMILES string of the molecule is O=C(CCc1ccccc1)Nc1cccc(OC[C@@H]2CCCO2)c1. The highest BCUT2D eigenvalue weighted by Gasteiger charge is 2.16. The lowest BCUT2D eigenvalue weighted by Gasteiger charge is -2.12. The van der Waals surface area contributed by atoms with Crippen LogP contribution < -0.4 is 10.1 Å². The zero-order valence-electron chi connectivity index (χ0n) is 13.7. The minimum Gasteiger partial charge on any atom is -0.491 e. The van der Waals surface area contributed by atoms with Gasteiger partial charge in [0.2, 0.25) is 5.91 Å². The molecule has 0 radical (unpaired) electrons. The van der Waals surface area contributed by atoms with Crippen molar-refractivity contribution in [3.8, 4) is 5.75 Å². The van der Waals surface area contributed by atoms with Gasteiger partial charge in [-0.1, -0.05) is 36.4 Å². The molecule has 0 unspecified atom stereocenters. The Morgan fingerprint density at radius 2 is 2.04 bits per heavy atom. The molecule has 4 heteroatoms. The molecule has 0 spiro atoms. The lowest BCUT2D eigenvalue weighted by Crippen LogP contribution is -2.16. The highest BCUT2D eigenvalue weighted by atomic mass is 16.5. The summed E-state index contributed by atoms with van der Waals surface area (Å²) >= 11 is 0. The third-order valence-electron chi connectivity index (χ3n) is 4.06. The molecule has 1 aliphatic heterocycles. The second-order valence-corrected chi connectivity index (χ2v) is 6.01. The van der Waals surface area contributed by atoms with Crippen LogP contribution in [0.3, 0.4) is 0 Å². The maximum absolute atomic E-state index is 12.1. The predicted octanol–water partition coefficient (Wildman–Crippen LogP) is 3.82. The van der Waals surface area contributed by atoms with E-state index in [0.717, 1.165) is 37.3 Å². The molecular formula is C20H23NO3. The van der Waals surface area contributed by atoms with Gasteiger partial charge in [0.15, 0.2) is 0 Å². The van der Waals surface area contributed by atoms with E-state index >= 15 is 0 Å². The maximum atomic E-state index is 12.1. The molecule has 2 aromatic carbocycles. The molecule has 0 aromatic heterocycles. The lowest BCUT2D eigenvalue weighted by atomic mass is 10.1. The number of nitrogens with one attached hydrogen (secondary N) is 1. The van der Waals surface area contributed by atoms with Gasteiger partial charge in [0.1, 0.15) is 12.4 Å². The topological polar surface area (TPSA) is 47.6 Å². The number of rotatable bonds is 7. The molecule has 24 heavy (non-hydrogen) atoms. The van der Waals surface area contributed by atoms with E-state index < -0.39 is 0 Å². The quantitative estimate of drug-likeness (QED) is 0.842. The van der Waals surface area contributed by atoms with Crippen LogP contribution in [0.25, 0.3) is 0 Å². The zero-order chi connectivity index (χ0) is 16.6. The molecule has 1 amide bonds. The largest absolute Gasteiger partial charge is 0.491 e. The number of benzene rings is 2. The molecule has 1 saturated heterocycles. The Hall–Kier alpha value is -2.33. The van der Waals surface area contributed by atoms with Crippen LogP contribution in [0.1, 0.15) is 24.8 Å². The van der Waals surface area contributed by atoms with E-state index in [1.807, 2.05) is 54.6 Å². The standard InChI is InChI=1S/C20H23NO3/c22-20(12-11-16-6-2-1-3-7-16)21-17-8-4-9-18(14-17)24-15-19-10-5-13-23-19/h1-4,6-9,14,19H,5,10-13,15H2,(H,21,22)/t19-/m0/s1. The van der Waals surface area contributed by atoms with E-state index in [2.05, 4.69) is 5.32 Å². The number of hydrogen-bond acceptors (Lipinski definition) is 3. The van der Waals surface area contributed by atoms with Crippen molar-refractivity contribution < 1.29 is 14.3 Å². The summed E-state index contributed by atoms with van der Waals surface area (Å²) in [7, 11) is 0. The summed E-state index contributed by atoms with van der Waals surface area (Å²) in [6.07, 6.45) is 3.54. The monoisotopic (exact) mass is 325 g/mol. The van der Waals surface area contributed by atoms with Crippen molar-refractivity contribution in [2.24, 2.45) is 0 Å². The van der Waals surface area contributed by atoms with E-state index in [1.165, 1.54) is 5.56 Å². The summed E-state index contributed by atoms with van der Waals surface area (Å²) in [5.74, 6) is 0.765. The smallest absolute Gasteiger partial charge is 0.224 e. The number of carbonyl (C=O) groups excluding carboxylic acids is 1. The maximum Gasteiger partial charge on any atom is 0.224 e. The van der Waals surface area contributed by atoms with E-state index in [1.54, 1.807) is 0 Å². The van der Waals surface area contributed by atoms with Gasteiger partial charge in [-0.2, -0.15) is 0 Å². The second-order valence-electron chi connectivity index (χ2n) is 6.01. The first-order chi connectivity index (χ1) is 11.8. The van der Waals surface area contributed by atoms with E-state index in [0.29, 0.717) is 13.0 Å². The van der Waals surface area contributed by atoms with Gasteiger partial charge in [-0.15, -0.1) is 0 Å². The fraction of sp³-hybridized carbons (Fsp3) is 0.350. The van der Waals surface area contributed by atoms with Crippen molar-refractivity contribution in [3.63, 3.8) is 0 Å². The average Bonchev–Trinajstić information content (AvgIpc) is 3.13. The third-order valence-corrected chi connectivity index (χ3v) is 4.06.